The molecule has 0 aromatic rings. The predicted molar refractivity (Wildman–Crippen MR) is 117 cm³/mol. The third kappa shape index (κ3) is 7.75. The lowest BCUT2D eigenvalue weighted by molar-refractivity contribution is -0.320. The monoisotopic (exact) mass is 523 g/mol. The van der Waals surface area contributed by atoms with Crippen molar-refractivity contribution in [3.8, 4) is 0 Å². The number of nitrogens with one attached hydrogen (secondary N) is 1. The molecule has 1 amide bonds. The third-order valence-electron chi connectivity index (χ3n) is 5.37. The van der Waals surface area contributed by atoms with Crippen LogP contribution < -0.4 is 5.32 Å². The molecule has 206 valence electrons. The molecule has 1 heterocycles. The van der Waals surface area contributed by atoms with Crippen LogP contribution in [0.25, 0.3) is 0 Å². The zero-order chi connectivity index (χ0) is 27.6. The van der Waals surface area contributed by atoms with Crippen molar-refractivity contribution < 1.29 is 61.5 Å². The minimum atomic E-state index is -2.99. The second-order valence-corrected chi connectivity index (χ2v) is 8.03. The first-order chi connectivity index (χ1) is 16.8. The normalized spacial score (nSPS) is 27.1. The quantitative estimate of drug-likeness (QED) is 0.231. The van der Waals surface area contributed by atoms with Crippen molar-refractivity contribution in [2.75, 3.05) is 27.4 Å². The first-order valence-electron chi connectivity index (χ1n) is 11.2. The summed E-state index contributed by atoms with van der Waals surface area (Å²) in [6, 6.07) is -1.48. The molecule has 1 fully saturated rings. The first kappa shape index (κ1) is 31.0. The van der Waals surface area contributed by atoms with Gasteiger partial charge in [0.1, 0.15) is 12.7 Å². The zero-order valence-electron chi connectivity index (χ0n) is 21.4. The number of carbonyl (C=O) groups is 5. The summed E-state index contributed by atoms with van der Waals surface area (Å²) < 4.78 is 51.6. The van der Waals surface area contributed by atoms with Gasteiger partial charge >= 0.3 is 35.8 Å². The van der Waals surface area contributed by atoms with Crippen molar-refractivity contribution >= 4 is 30.0 Å². The van der Waals surface area contributed by atoms with Crippen LogP contribution in [0.3, 0.4) is 0 Å². The van der Waals surface area contributed by atoms with E-state index in [2.05, 4.69) is 10.1 Å². The molecular formula is C22H34FNO12. The molecule has 7 atom stereocenters. The number of esters is 4. The summed E-state index contributed by atoms with van der Waals surface area (Å²) in [5, 5.41) is 2.38. The maximum Gasteiger partial charge on any atom is 0.407 e. The highest BCUT2D eigenvalue weighted by atomic mass is 19.1. The van der Waals surface area contributed by atoms with Crippen molar-refractivity contribution in [3.63, 3.8) is 0 Å². The second kappa shape index (κ2) is 13.9. The minimum absolute atomic E-state index is 0.0653. The molecule has 14 heteroatoms. The average Bonchev–Trinajstić information content (AvgIpc) is 2.80. The first-order valence-corrected chi connectivity index (χ1v) is 11.2. The largest absolute Gasteiger partial charge is 0.464 e. The number of amides is 1. The molecular weight excluding hydrogens is 489 g/mol. The summed E-state index contributed by atoms with van der Waals surface area (Å²) in [5.74, 6) is -7.99. The molecule has 0 aromatic carbocycles. The number of carbonyl (C=O) groups excluding carboxylic acids is 5. The van der Waals surface area contributed by atoms with Crippen LogP contribution in [0.5, 0.6) is 0 Å². The molecule has 36 heavy (non-hydrogen) atoms. The van der Waals surface area contributed by atoms with Crippen LogP contribution in [0, 0.1) is 5.92 Å². The Morgan fingerprint density at radius 2 is 1.67 bits per heavy atom. The lowest BCUT2D eigenvalue weighted by Gasteiger charge is -2.49. The predicted octanol–water partition coefficient (Wildman–Crippen LogP) is 0.806. The van der Waals surface area contributed by atoms with Crippen LogP contribution >= 0.6 is 0 Å². The van der Waals surface area contributed by atoms with Gasteiger partial charge in [0.15, 0.2) is 6.10 Å². The smallest absolute Gasteiger partial charge is 0.407 e. The summed E-state index contributed by atoms with van der Waals surface area (Å²) in [4.78, 5) is 60.6. The second-order valence-electron chi connectivity index (χ2n) is 8.03. The molecule has 0 spiro atoms. The molecule has 0 aliphatic carbocycles. The van der Waals surface area contributed by atoms with Crippen LogP contribution in [0.4, 0.5) is 9.18 Å². The van der Waals surface area contributed by atoms with Crippen LogP contribution in [-0.2, 0) is 52.3 Å². The van der Waals surface area contributed by atoms with Gasteiger partial charge in [-0.1, -0.05) is 13.8 Å². The summed E-state index contributed by atoms with van der Waals surface area (Å²) >= 11 is 0. The van der Waals surface area contributed by atoms with Gasteiger partial charge in [-0.05, 0) is 6.42 Å². The number of halogens is 1. The van der Waals surface area contributed by atoms with Crippen molar-refractivity contribution in [3.05, 3.63) is 0 Å². The lowest BCUT2D eigenvalue weighted by Crippen LogP contribution is -2.73. The maximum absolute atomic E-state index is 16.0. The van der Waals surface area contributed by atoms with Gasteiger partial charge < -0.3 is 38.5 Å². The van der Waals surface area contributed by atoms with Crippen molar-refractivity contribution in [2.24, 2.45) is 5.92 Å². The molecule has 0 radical (unpaired) electrons. The molecule has 1 aliphatic rings. The fourth-order valence-electron chi connectivity index (χ4n) is 3.87. The summed E-state index contributed by atoms with van der Waals surface area (Å²) in [6.45, 7) is 6.20. The van der Waals surface area contributed by atoms with Gasteiger partial charge in [0.05, 0.1) is 25.9 Å². The molecule has 0 aromatic heterocycles. The summed E-state index contributed by atoms with van der Waals surface area (Å²) in [5.41, 5.74) is 0. The molecule has 0 bridgehead atoms. The van der Waals surface area contributed by atoms with Crippen molar-refractivity contribution in [2.45, 2.75) is 77.4 Å². The fourth-order valence-corrected chi connectivity index (χ4v) is 3.87. The number of methoxy groups -OCH3 is 2. The number of alkyl carbamates (subject to hydrolysis) is 1. The van der Waals surface area contributed by atoms with E-state index in [0.29, 0.717) is 0 Å². The van der Waals surface area contributed by atoms with Gasteiger partial charge in [-0.25, -0.2) is 14.0 Å². The zero-order valence-corrected chi connectivity index (χ0v) is 21.4. The highest BCUT2D eigenvalue weighted by molar-refractivity contribution is 5.83. The van der Waals surface area contributed by atoms with E-state index in [9.17, 15) is 24.0 Å². The van der Waals surface area contributed by atoms with E-state index in [1.54, 1.807) is 6.92 Å². The Labute approximate surface area is 208 Å². The fraction of sp³-hybridized carbons (Fsp3) is 0.773. The van der Waals surface area contributed by atoms with E-state index in [1.165, 1.54) is 21.0 Å². The Morgan fingerprint density at radius 3 is 2.14 bits per heavy atom. The Morgan fingerprint density at radius 1 is 1.03 bits per heavy atom. The SMILES string of the molecule is CC[C@@H](OC(C)=O)[C@@H](C)C1O[C@@](OC(C)=O)(C(=O)OC)C(F)[C@@H](OC(C)=O)[C@H]1NC(=O)OCCOC. The lowest BCUT2D eigenvalue weighted by atomic mass is 9.82. The van der Waals surface area contributed by atoms with Gasteiger partial charge in [-0.3, -0.25) is 14.4 Å². The highest BCUT2D eigenvalue weighted by Gasteiger charge is 2.66. The van der Waals surface area contributed by atoms with Crippen LogP contribution in [0.1, 0.15) is 41.0 Å². The third-order valence-corrected chi connectivity index (χ3v) is 5.37. The van der Waals surface area contributed by atoms with E-state index in [0.717, 1.165) is 21.0 Å². The van der Waals surface area contributed by atoms with Gasteiger partial charge in [0.25, 0.3) is 0 Å². The van der Waals surface area contributed by atoms with Crippen LogP contribution in [-0.4, -0.2) is 93.7 Å². The number of hydrogen-bond acceptors (Lipinski definition) is 12. The molecule has 1 aliphatic heterocycles. The minimum Gasteiger partial charge on any atom is -0.464 e. The number of alkyl halides is 1. The van der Waals surface area contributed by atoms with Crippen molar-refractivity contribution in [1.82, 2.24) is 5.32 Å². The van der Waals surface area contributed by atoms with Crippen LogP contribution in [0.15, 0.2) is 0 Å². The van der Waals surface area contributed by atoms with Gasteiger partial charge in [-0.2, -0.15) is 0 Å². The van der Waals surface area contributed by atoms with Gasteiger partial charge in [-0.15, -0.1) is 0 Å². The van der Waals surface area contributed by atoms with Crippen molar-refractivity contribution in [1.29, 1.82) is 0 Å². The molecule has 1 N–H and O–H groups in total. The van der Waals surface area contributed by atoms with E-state index < -0.39 is 72.2 Å². The molecule has 13 nitrogen and oxygen atoms in total. The Bertz CT molecular complexity index is 808. The standard InChI is InChI=1S/C22H34FNO12/c1-8-15(33-12(3)25)11(2)17-16(24-21(29)32-10-9-30-6)18(34-13(4)26)19(23)22(36-17,20(28)31-7)35-14(5)27/h11,15-19H,8-10H2,1-7H3,(H,24,29)/t11-,15-,16+,17?,18+,19?,22-/m1/s1. The summed E-state index contributed by atoms with van der Waals surface area (Å²) in [7, 11) is 2.30. The Kier molecular flexibility index (Phi) is 12.0. The highest BCUT2D eigenvalue weighted by Crippen LogP contribution is 2.40. The van der Waals surface area contributed by atoms with Gasteiger partial charge in [0, 0.05) is 33.8 Å². The number of ether oxygens (including phenoxy) is 7. The summed E-state index contributed by atoms with van der Waals surface area (Å²) in [6.07, 6.45) is -7.61. The number of rotatable bonds is 11. The van der Waals surface area contributed by atoms with Crippen LogP contribution in [0.2, 0.25) is 0 Å². The maximum atomic E-state index is 16.0. The molecule has 2 unspecified atom stereocenters. The Hall–Kier alpha value is -3.00. The van der Waals surface area contributed by atoms with E-state index in [-0.39, 0.29) is 19.6 Å². The molecule has 0 saturated carbocycles. The van der Waals surface area contributed by atoms with E-state index in [1.807, 2.05) is 0 Å². The average molecular weight is 524 g/mol. The molecule has 1 rings (SSSR count). The Balaban J connectivity index is 3.64. The van der Waals surface area contributed by atoms with Gasteiger partial charge in [0.2, 0.25) is 6.17 Å². The number of hydrogen-bond donors (Lipinski definition) is 1. The molecule has 1 saturated heterocycles. The van der Waals surface area contributed by atoms with E-state index in [4.69, 9.17) is 28.4 Å². The topological polar surface area (TPSA) is 162 Å². The van der Waals surface area contributed by atoms with E-state index >= 15 is 4.39 Å².